The molecule has 0 fully saturated rings. The van der Waals surface area contributed by atoms with Gasteiger partial charge >= 0.3 is 6.09 Å². The Morgan fingerprint density at radius 2 is 1.69 bits per heavy atom. The Kier molecular flexibility index (Phi) is 7.86. The van der Waals surface area contributed by atoms with E-state index in [0.29, 0.717) is 12.3 Å². The lowest BCUT2D eigenvalue weighted by Gasteiger charge is -2.24. The number of alkyl carbamates (subject to hydrolysis) is 1. The van der Waals surface area contributed by atoms with Gasteiger partial charge in [-0.3, -0.25) is 0 Å². The van der Waals surface area contributed by atoms with Crippen molar-refractivity contribution in [2.45, 2.75) is 84.8 Å². The zero-order valence-electron chi connectivity index (χ0n) is 17.4. The number of hydrogen-bond acceptors (Lipinski definition) is 3. The third kappa shape index (κ3) is 8.03. The molecular weight excluding hydrogens is 326 g/mol. The summed E-state index contributed by atoms with van der Waals surface area (Å²) in [5.41, 5.74) is 2.14. The van der Waals surface area contributed by atoms with E-state index < -0.39 is 17.7 Å². The highest BCUT2D eigenvalue weighted by Crippen LogP contribution is 2.24. The van der Waals surface area contributed by atoms with Crippen molar-refractivity contribution in [1.82, 2.24) is 5.32 Å². The summed E-state index contributed by atoms with van der Waals surface area (Å²) in [6, 6.07) is 8.17. The van der Waals surface area contributed by atoms with Crippen LogP contribution in [0.2, 0.25) is 0 Å². The summed E-state index contributed by atoms with van der Waals surface area (Å²) in [4.78, 5) is 23.3. The van der Waals surface area contributed by atoms with Gasteiger partial charge in [-0.1, -0.05) is 58.4 Å². The fraction of sp³-hybridized carbons (Fsp3) is 0.636. The molecule has 1 aromatic rings. The molecule has 0 aliphatic rings. The van der Waals surface area contributed by atoms with Crippen LogP contribution in [0.15, 0.2) is 24.3 Å². The first-order chi connectivity index (χ1) is 11.9. The number of carbonyl (C=O) groups excluding carboxylic acids is 2. The lowest BCUT2D eigenvalue weighted by atomic mass is 9.85. The smallest absolute Gasteiger partial charge is 0.408 e. The van der Waals surface area contributed by atoms with Gasteiger partial charge in [0.05, 0.1) is 6.04 Å². The van der Waals surface area contributed by atoms with Crippen LogP contribution < -0.4 is 5.32 Å². The van der Waals surface area contributed by atoms with Gasteiger partial charge in [-0.25, -0.2) is 4.79 Å². The number of rotatable bonds is 7. The van der Waals surface area contributed by atoms with Crippen LogP contribution >= 0.6 is 0 Å². The van der Waals surface area contributed by atoms with Crippen LogP contribution in [-0.2, 0) is 21.4 Å². The van der Waals surface area contributed by atoms with E-state index >= 15 is 0 Å². The van der Waals surface area contributed by atoms with E-state index in [1.54, 1.807) is 20.8 Å². The third-order valence-electron chi connectivity index (χ3n) is 4.38. The van der Waals surface area contributed by atoms with Gasteiger partial charge in [-0.05, 0) is 56.1 Å². The predicted octanol–water partition coefficient (Wildman–Crippen LogP) is 5.04. The summed E-state index contributed by atoms with van der Waals surface area (Å²) >= 11 is 0. The summed E-state index contributed by atoms with van der Waals surface area (Å²) in [7, 11) is 0. The number of ether oxygens (including phenoxy) is 1. The van der Waals surface area contributed by atoms with E-state index in [0.717, 1.165) is 19.1 Å². The number of amides is 1. The molecule has 4 nitrogen and oxygen atoms in total. The minimum Gasteiger partial charge on any atom is -0.444 e. The maximum absolute atomic E-state index is 11.9. The van der Waals surface area contributed by atoms with Gasteiger partial charge in [0.25, 0.3) is 0 Å². The molecule has 0 bridgehead atoms. The second-order valence-corrected chi connectivity index (χ2v) is 9.05. The second kappa shape index (κ2) is 9.20. The second-order valence-electron chi connectivity index (χ2n) is 9.05. The molecule has 0 saturated carbocycles. The molecule has 0 heterocycles. The van der Waals surface area contributed by atoms with Crippen LogP contribution in [0.4, 0.5) is 4.79 Å². The third-order valence-corrected chi connectivity index (χ3v) is 4.38. The monoisotopic (exact) mass is 361 g/mol. The Morgan fingerprint density at radius 1 is 1.12 bits per heavy atom. The predicted molar refractivity (Wildman–Crippen MR) is 106 cm³/mol. The van der Waals surface area contributed by atoms with E-state index in [9.17, 15) is 9.59 Å². The number of benzene rings is 1. The Labute approximate surface area is 158 Å². The Hall–Kier alpha value is -1.84. The summed E-state index contributed by atoms with van der Waals surface area (Å²) in [5.74, 6) is 0.320. The summed E-state index contributed by atoms with van der Waals surface area (Å²) in [5, 5.41) is 2.67. The maximum Gasteiger partial charge on any atom is 0.408 e. The van der Waals surface area contributed by atoms with E-state index in [1.165, 1.54) is 11.1 Å². The van der Waals surface area contributed by atoms with E-state index in [1.807, 2.05) is 0 Å². The van der Waals surface area contributed by atoms with Crippen LogP contribution in [0.25, 0.3) is 0 Å². The Balaban J connectivity index is 2.67. The Bertz CT molecular complexity index is 579. The zero-order chi connectivity index (χ0) is 20.0. The van der Waals surface area contributed by atoms with Crippen LogP contribution in [0, 0.1) is 5.92 Å². The van der Waals surface area contributed by atoms with Gasteiger partial charge in [-0.15, -0.1) is 0 Å². The molecule has 146 valence electrons. The highest BCUT2D eigenvalue weighted by Gasteiger charge is 2.22. The molecule has 1 amide bonds. The molecule has 0 aliphatic heterocycles. The van der Waals surface area contributed by atoms with Crippen molar-refractivity contribution in [2.24, 2.45) is 5.92 Å². The first kappa shape index (κ1) is 22.2. The van der Waals surface area contributed by atoms with Crippen LogP contribution in [0.5, 0.6) is 0 Å². The molecule has 0 aromatic heterocycles. The summed E-state index contributed by atoms with van der Waals surface area (Å²) in [6.45, 7) is 14.1. The van der Waals surface area contributed by atoms with Crippen molar-refractivity contribution in [3.63, 3.8) is 0 Å². The number of nitrogens with one attached hydrogen (secondary N) is 1. The normalized spacial score (nSPS) is 14.4. The average molecular weight is 362 g/mol. The van der Waals surface area contributed by atoms with Crippen LogP contribution in [0.3, 0.4) is 0 Å². The maximum atomic E-state index is 11.9. The zero-order valence-corrected chi connectivity index (χ0v) is 17.4. The van der Waals surface area contributed by atoms with Gasteiger partial charge < -0.3 is 14.8 Å². The fourth-order valence-electron chi connectivity index (χ4n) is 2.84. The van der Waals surface area contributed by atoms with E-state index in [2.05, 4.69) is 57.3 Å². The van der Waals surface area contributed by atoms with Crippen LogP contribution in [0.1, 0.15) is 72.4 Å². The number of carbonyl (C=O) groups is 2. The van der Waals surface area contributed by atoms with Gasteiger partial charge in [0.2, 0.25) is 0 Å². The van der Waals surface area contributed by atoms with Gasteiger partial charge in [0.15, 0.2) is 0 Å². The molecule has 4 heteroatoms. The first-order valence-corrected chi connectivity index (χ1v) is 9.49. The van der Waals surface area contributed by atoms with E-state index in [-0.39, 0.29) is 5.41 Å². The summed E-state index contributed by atoms with van der Waals surface area (Å²) < 4.78 is 5.24. The average Bonchev–Trinajstić information content (AvgIpc) is 2.51. The summed E-state index contributed by atoms with van der Waals surface area (Å²) in [6.07, 6.45) is 2.71. The lowest BCUT2D eigenvalue weighted by Crippen LogP contribution is -2.41. The molecule has 1 N–H and O–H groups in total. The number of aldehydes is 1. The Morgan fingerprint density at radius 3 is 2.12 bits per heavy atom. The highest BCUT2D eigenvalue weighted by molar-refractivity contribution is 5.73. The molecule has 1 rings (SSSR count). The quantitative estimate of drug-likeness (QED) is 0.693. The largest absolute Gasteiger partial charge is 0.444 e. The molecule has 0 spiro atoms. The van der Waals surface area contributed by atoms with E-state index in [4.69, 9.17) is 4.74 Å². The molecule has 2 atom stereocenters. The molecular formula is C22H35NO3. The van der Waals surface area contributed by atoms with Crippen molar-refractivity contribution in [1.29, 1.82) is 0 Å². The molecule has 1 aromatic carbocycles. The minimum atomic E-state index is -0.573. The molecule has 26 heavy (non-hydrogen) atoms. The molecule has 2 unspecified atom stereocenters. The van der Waals surface area contributed by atoms with Gasteiger partial charge in [-0.2, -0.15) is 0 Å². The number of hydrogen-bond donors (Lipinski definition) is 1. The van der Waals surface area contributed by atoms with Crippen molar-refractivity contribution >= 4 is 12.4 Å². The topological polar surface area (TPSA) is 55.4 Å². The molecule has 0 radical (unpaired) electrons. The minimum absolute atomic E-state index is 0.142. The highest BCUT2D eigenvalue weighted by atomic mass is 16.6. The van der Waals surface area contributed by atoms with Gasteiger partial charge in [0, 0.05) is 0 Å². The SMILES string of the molecule is CCC(Cc1ccc(C(C)(C)C)cc1)CC(C=O)NC(=O)OC(C)(C)C. The van der Waals surface area contributed by atoms with Crippen molar-refractivity contribution < 1.29 is 14.3 Å². The molecule has 0 aliphatic carbocycles. The van der Waals surface area contributed by atoms with Crippen LogP contribution in [-0.4, -0.2) is 24.0 Å². The lowest BCUT2D eigenvalue weighted by molar-refractivity contribution is -0.110. The first-order valence-electron chi connectivity index (χ1n) is 9.49. The molecule has 0 saturated heterocycles. The van der Waals surface area contributed by atoms with Crippen molar-refractivity contribution in [2.75, 3.05) is 0 Å². The van der Waals surface area contributed by atoms with Crippen molar-refractivity contribution in [3.05, 3.63) is 35.4 Å². The van der Waals surface area contributed by atoms with Crippen molar-refractivity contribution in [3.8, 4) is 0 Å². The fourth-order valence-corrected chi connectivity index (χ4v) is 2.84. The standard InChI is InChI=1S/C22H35NO3/c1-8-16(13-17-9-11-18(12-10-17)21(2,3)4)14-19(15-24)23-20(25)26-22(5,6)7/h9-12,15-16,19H,8,13-14H2,1-7H3,(H,23,25). The van der Waals surface area contributed by atoms with Gasteiger partial charge in [0.1, 0.15) is 11.9 Å².